The number of carbonyl (C=O) groups excluding carboxylic acids is 2. The predicted molar refractivity (Wildman–Crippen MR) is 121 cm³/mol. The molecule has 3 aromatic rings. The van der Waals surface area contributed by atoms with E-state index < -0.39 is 21.8 Å². The van der Waals surface area contributed by atoms with Crippen LogP contribution in [0.1, 0.15) is 24.2 Å². The molecule has 0 radical (unpaired) electrons. The summed E-state index contributed by atoms with van der Waals surface area (Å²) in [6, 6.07) is 14.4. The van der Waals surface area contributed by atoms with Crippen molar-refractivity contribution in [2.24, 2.45) is 0 Å². The summed E-state index contributed by atoms with van der Waals surface area (Å²) < 4.78 is 28.2. The zero-order valence-corrected chi connectivity index (χ0v) is 18.8. The van der Waals surface area contributed by atoms with Crippen molar-refractivity contribution in [1.82, 2.24) is 19.4 Å². The number of hydrogen-bond acceptors (Lipinski definition) is 5. The lowest BCUT2D eigenvalue weighted by atomic mass is 10.2. The topological polar surface area (TPSA) is 113 Å². The average Bonchev–Trinajstić information content (AvgIpc) is 3.32. The van der Waals surface area contributed by atoms with E-state index in [0.717, 1.165) is 5.69 Å². The summed E-state index contributed by atoms with van der Waals surface area (Å²) in [7, 11) is -2.23. The minimum atomic E-state index is -3.72. The summed E-state index contributed by atoms with van der Waals surface area (Å²) in [6.45, 7) is 3.26. The fraction of sp³-hybridized carbons (Fsp3) is 0.227. The highest BCUT2D eigenvalue weighted by Crippen LogP contribution is 2.18. The SMILES string of the molecule is CC(C)N(C)S(=O)(=O)c1cccc(C(=O)NCC(=O)Nc2ccc(-n3cccn3)cc2)c1. The molecule has 0 saturated heterocycles. The van der Waals surface area contributed by atoms with E-state index in [1.165, 1.54) is 35.6 Å². The van der Waals surface area contributed by atoms with E-state index in [-0.39, 0.29) is 23.0 Å². The maximum atomic E-state index is 12.6. The Balaban J connectivity index is 1.59. The third-order valence-electron chi connectivity index (χ3n) is 4.83. The van der Waals surface area contributed by atoms with Crippen molar-refractivity contribution in [3.05, 3.63) is 72.6 Å². The van der Waals surface area contributed by atoms with Crippen LogP contribution in [0.15, 0.2) is 71.9 Å². The summed E-state index contributed by atoms with van der Waals surface area (Å²) in [5, 5.41) is 9.34. The van der Waals surface area contributed by atoms with Crippen molar-refractivity contribution in [2.75, 3.05) is 18.9 Å². The number of nitrogens with zero attached hydrogens (tertiary/aromatic N) is 3. The van der Waals surface area contributed by atoms with E-state index in [4.69, 9.17) is 0 Å². The van der Waals surface area contributed by atoms with Crippen LogP contribution in [-0.4, -0.2) is 54.0 Å². The number of amides is 2. The molecule has 0 fully saturated rings. The largest absolute Gasteiger partial charge is 0.343 e. The summed E-state index contributed by atoms with van der Waals surface area (Å²) in [6.07, 6.45) is 3.48. The van der Waals surface area contributed by atoms with E-state index in [2.05, 4.69) is 15.7 Å². The Hall–Kier alpha value is -3.50. The molecule has 2 amide bonds. The molecule has 0 spiro atoms. The zero-order valence-electron chi connectivity index (χ0n) is 18.0. The van der Waals surface area contributed by atoms with Gasteiger partial charge in [-0.1, -0.05) is 6.07 Å². The van der Waals surface area contributed by atoms with Crippen molar-refractivity contribution in [3.63, 3.8) is 0 Å². The fourth-order valence-electron chi connectivity index (χ4n) is 2.83. The molecular formula is C22H25N5O4S. The third-order valence-corrected chi connectivity index (χ3v) is 6.86. The summed E-state index contributed by atoms with van der Waals surface area (Å²) in [4.78, 5) is 24.7. The molecule has 2 aromatic carbocycles. The van der Waals surface area contributed by atoms with Gasteiger partial charge in [-0.25, -0.2) is 13.1 Å². The Morgan fingerprint density at radius 2 is 1.81 bits per heavy atom. The average molecular weight is 456 g/mol. The van der Waals surface area contributed by atoms with Gasteiger partial charge >= 0.3 is 0 Å². The number of carbonyl (C=O) groups is 2. The molecular weight excluding hydrogens is 430 g/mol. The highest BCUT2D eigenvalue weighted by Gasteiger charge is 2.24. The fourth-order valence-corrected chi connectivity index (χ4v) is 4.24. The van der Waals surface area contributed by atoms with Gasteiger partial charge in [0.25, 0.3) is 5.91 Å². The Morgan fingerprint density at radius 3 is 2.44 bits per heavy atom. The first-order valence-electron chi connectivity index (χ1n) is 9.94. The van der Waals surface area contributed by atoms with Gasteiger partial charge in [-0.05, 0) is 62.4 Å². The van der Waals surface area contributed by atoms with Gasteiger partial charge in [-0.3, -0.25) is 9.59 Å². The molecule has 1 heterocycles. The second kappa shape index (κ2) is 9.75. The van der Waals surface area contributed by atoms with Gasteiger partial charge < -0.3 is 10.6 Å². The molecule has 0 bridgehead atoms. The van der Waals surface area contributed by atoms with Gasteiger partial charge in [0.15, 0.2) is 0 Å². The molecule has 2 N–H and O–H groups in total. The molecule has 10 heteroatoms. The lowest BCUT2D eigenvalue weighted by Crippen LogP contribution is -2.34. The van der Waals surface area contributed by atoms with E-state index in [1.807, 2.05) is 12.3 Å². The van der Waals surface area contributed by atoms with Crippen molar-refractivity contribution in [2.45, 2.75) is 24.8 Å². The third kappa shape index (κ3) is 5.40. The molecule has 32 heavy (non-hydrogen) atoms. The first kappa shape index (κ1) is 23.2. The second-order valence-electron chi connectivity index (χ2n) is 7.37. The number of benzene rings is 2. The van der Waals surface area contributed by atoms with Crippen molar-refractivity contribution < 1.29 is 18.0 Å². The maximum absolute atomic E-state index is 12.6. The van der Waals surface area contributed by atoms with Gasteiger partial charge in [0.2, 0.25) is 15.9 Å². The molecule has 0 saturated carbocycles. The van der Waals surface area contributed by atoms with Crippen LogP contribution >= 0.6 is 0 Å². The highest BCUT2D eigenvalue weighted by atomic mass is 32.2. The summed E-state index contributed by atoms with van der Waals surface area (Å²) in [5.41, 5.74) is 1.57. The first-order valence-corrected chi connectivity index (χ1v) is 11.4. The molecule has 0 atom stereocenters. The van der Waals surface area contributed by atoms with Gasteiger partial charge in [-0.2, -0.15) is 9.40 Å². The molecule has 3 rings (SSSR count). The van der Waals surface area contributed by atoms with E-state index in [0.29, 0.717) is 5.69 Å². The van der Waals surface area contributed by atoms with Crippen LogP contribution in [-0.2, 0) is 14.8 Å². The van der Waals surface area contributed by atoms with E-state index >= 15 is 0 Å². The van der Waals surface area contributed by atoms with Crippen LogP contribution < -0.4 is 10.6 Å². The molecule has 0 aliphatic heterocycles. The molecule has 9 nitrogen and oxygen atoms in total. The lowest BCUT2D eigenvalue weighted by Gasteiger charge is -2.21. The summed E-state index contributed by atoms with van der Waals surface area (Å²) in [5.74, 6) is -0.952. The van der Waals surface area contributed by atoms with Gasteiger partial charge in [0, 0.05) is 36.7 Å². The zero-order chi connectivity index (χ0) is 23.3. The van der Waals surface area contributed by atoms with Gasteiger partial charge in [0.1, 0.15) is 0 Å². The Bertz CT molecular complexity index is 1190. The highest BCUT2D eigenvalue weighted by molar-refractivity contribution is 7.89. The van der Waals surface area contributed by atoms with Crippen molar-refractivity contribution in [1.29, 1.82) is 0 Å². The number of aromatic nitrogens is 2. The van der Waals surface area contributed by atoms with Crippen molar-refractivity contribution >= 4 is 27.5 Å². The first-order chi connectivity index (χ1) is 15.2. The maximum Gasteiger partial charge on any atom is 0.251 e. The number of nitrogens with one attached hydrogen (secondary N) is 2. The Kier molecular flexibility index (Phi) is 7.06. The normalized spacial score (nSPS) is 11.5. The molecule has 0 unspecified atom stereocenters. The van der Waals surface area contributed by atoms with Crippen LogP contribution in [0, 0.1) is 0 Å². The summed E-state index contributed by atoms with van der Waals surface area (Å²) >= 11 is 0. The predicted octanol–water partition coefficient (Wildman–Crippen LogP) is 2.27. The van der Waals surface area contributed by atoms with Crippen molar-refractivity contribution in [3.8, 4) is 5.69 Å². The van der Waals surface area contributed by atoms with Gasteiger partial charge in [0.05, 0.1) is 17.1 Å². The number of hydrogen-bond donors (Lipinski definition) is 2. The molecule has 168 valence electrons. The van der Waals surface area contributed by atoms with E-state index in [1.54, 1.807) is 49.0 Å². The van der Waals surface area contributed by atoms with Crippen LogP contribution in [0.3, 0.4) is 0 Å². The monoisotopic (exact) mass is 455 g/mol. The quantitative estimate of drug-likeness (QED) is 0.541. The standard InChI is InChI=1S/C22H25N5O4S/c1-16(2)26(3)32(30,31)20-7-4-6-17(14-20)22(29)23-15-21(28)25-18-8-10-19(11-9-18)27-13-5-12-24-27/h4-14,16H,15H2,1-3H3,(H,23,29)(H,25,28). The van der Waals surface area contributed by atoms with Crippen LogP contribution in [0.5, 0.6) is 0 Å². The lowest BCUT2D eigenvalue weighted by molar-refractivity contribution is -0.115. The number of rotatable bonds is 8. The van der Waals surface area contributed by atoms with Gasteiger partial charge in [-0.15, -0.1) is 0 Å². The Labute approximate surface area is 187 Å². The van der Waals surface area contributed by atoms with Crippen LogP contribution in [0.2, 0.25) is 0 Å². The van der Waals surface area contributed by atoms with E-state index in [9.17, 15) is 18.0 Å². The second-order valence-corrected chi connectivity index (χ2v) is 9.37. The molecule has 0 aliphatic carbocycles. The Morgan fingerprint density at radius 1 is 1.09 bits per heavy atom. The smallest absolute Gasteiger partial charge is 0.251 e. The van der Waals surface area contributed by atoms with Crippen LogP contribution in [0.4, 0.5) is 5.69 Å². The minimum absolute atomic E-state index is 0.0167. The molecule has 1 aromatic heterocycles. The van der Waals surface area contributed by atoms with Crippen LogP contribution in [0.25, 0.3) is 5.69 Å². The number of anilines is 1. The number of sulfonamides is 1. The molecule has 0 aliphatic rings. The minimum Gasteiger partial charge on any atom is -0.343 e.